The summed E-state index contributed by atoms with van der Waals surface area (Å²) in [5, 5.41) is 22.8. The molecule has 0 atom stereocenters. The zero-order valence-electron chi connectivity index (χ0n) is 10.5. The minimum atomic E-state index is -0.646. The van der Waals surface area contributed by atoms with E-state index in [0.717, 1.165) is 12.1 Å². The van der Waals surface area contributed by atoms with Gasteiger partial charge in [0.25, 0.3) is 11.6 Å². The van der Waals surface area contributed by atoms with Crippen molar-refractivity contribution in [1.82, 2.24) is 4.98 Å². The fourth-order valence-corrected chi connectivity index (χ4v) is 1.63. The van der Waals surface area contributed by atoms with Crippen LogP contribution in [0.25, 0.3) is 0 Å². The number of nitrogens with one attached hydrogen (secondary N) is 1. The number of rotatable bonds is 3. The van der Waals surface area contributed by atoms with Gasteiger partial charge in [-0.1, -0.05) is 0 Å². The lowest BCUT2D eigenvalue weighted by molar-refractivity contribution is -0.384. The van der Waals surface area contributed by atoms with E-state index in [1.165, 1.54) is 6.07 Å². The molecule has 1 aromatic heterocycles. The molecule has 1 heterocycles. The van der Waals surface area contributed by atoms with Crippen molar-refractivity contribution < 1.29 is 14.8 Å². The van der Waals surface area contributed by atoms with Crippen molar-refractivity contribution >= 4 is 17.3 Å². The van der Waals surface area contributed by atoms with Crippen LogP contribution in [0, 0.1) is 17.0 Å². The molecule has 0 saturated heterocycles. The number of nitro groups is 1. The van der Waals surface area contributed by atoms with Gasteiger partial charge >= 0.3 is 0 Å². The number of non-ortho nitro benzene ring substituents is 1. The van der Waals surface area contributed by atoms with Gasteiger partial charge in [-0.15, -0.1) is 0 Å². The van der Waals surface area contributed by atoms with Crippen LogP contribution in [-0.2, 0) is 0 Å². The second-order valence-corrected chi connectivity index (χ2v) is 4.05. The molecule has 0 bridgehead atoms. The summed E-state index contributed by atoms with van der Waals surface area (Å²) in [5.41, 5.74) is 0.813. The zero-order valence-corrected chi connectivity index (χ0v) is 10.5. The quantitative estimate of drug-likeness (QED) is 0.659. The maximum absolute atomic E-state index is 12.0. The normalized spacial score (nSPS) is 10.1. The van der Waals surface area contributed by atoms with E-state index in [4.69, 9.17) is 0 Å². The number of anilines is 1. The molecule has 0 saturated carbocycles. The molecule has 2 aromatic rings. The van der Waals surface area contributed by atoms with Gasteiger partial charge in [-0.2, -0.15) is 0 Å². The van der Waals surface area contributed by atoms with Crippen molar-refractivity contribution in [2.24, 2.45) is 0 Å². The number of benzene rings is 1. The molecule has 2 rings (SSSR count). The van der Waals surface area contributed by atoms with E-state index in [-0.39, 0.29) is 11.3 Å². The van der Waals surface area contributed by atoms with Crippen LogP contribution in [0.4, 0.5) is 11.4 Å². The largest absolute Gasteiger partial charge is 0.507 e. The standard InChI is InChI=1S/C13H11N3O4/c1-8-11(3-2-6-14-8)15-13(18)10-5-4-9(16(19)20)7-12(10)17/h2-7,17H,1H3,(H,15,18). The molecule has 2 N–H and O–H groups in total. The highest BCUT2D eigenvalue weighted by molar-refractivity contribution is 6.06. The fourth-order valence-electron chi connectivity index (χ4n) is 1.63. The minimum absolute atomic E-state index is 0.0427. The maximum Gasteiger partial charge on any atom is 0.273 e. The van der Waals surface area contributed by atoms with Crippen LogP contribution in [0.15, 0.2) is 36.5 Å². The molecule has 0 spiro atoms. The van der Waals surface area contributed by atoms with E-state index in [9.17, 15) is 20.0 Å². The van der Waals surface area contributed by atoms with Crippen LogP contribution in [-0.4, -0.2) is 20.9 Å². The molecule has 20 heavy (non-hydrogen) atoms. The van der Waals surface area contributed by atoms with Crippen LogP contribution < -0.4 is 5.32 Å². The Kier molecular flexibility index (Phi) is 3.60. The van der Waals surface area contributed by atoms with E-state index in [2.05, 4.69) is 10.3 Å². The Balaban J connectivity index is 2.26. The number of aromatic hydroxyl groups is 1. The van der Waals surface area contributed by atoms with Gasteiger partial charge < -0.3 is 10.4 Å². The van der Waals surface area contributed by atoms with Crippen molar-refractivity contribution in [1.29, 1.82) is 0 Å². The Morgan fingerprint density at radius 2 is 2.15 bits per heavy atom. The molecule has 1 amide bonds. The van der Waals surface area contributed by atoms with Crippen LogP contribution in [0.1, 0.15) is 16.1 Å². The monoisotopic (exact) mass is 273 g/mol. The summed E-state index contributed by atoms with van der Waals surface area (Å²) in [4.78, 5) is 25.9. The number of nitrogens with zero attached hydrogens (tertiary/aromatic N) is 2. The summed E-state index contributed by atoms with van der Waals surface area (Å²) in [5.74, 6) is -1.01. The minimum Gasteiger partial charge on any atom is -0.507 e. The predicted molar refractivity (Wildman–Crippen MR) is 71.7 cm³/mol. The first-order valence-electron chi connectivity index (χ1n) is 5.69. The first-order chi connectivity index (χ1) is 9.49. The number of hydrogen-bond acceptors (Lipinski definition) is 5. The van der Waals surface area contributed by atoms with Gasteiger partial charge in [-0.25, -0.2) is 0 Å². The van der Waals surface area contributed by atoms with Crippen LogP contribution in [0.5, 0.6) is 5.75 Å². The first-order valence-corrected chi connectivity index (χ1v) is 5.69. The Morgan fingerprint density at radius 3 is 2.75 bits per heavy atom. The molecule has 7 nitrogen and oxygen atoms in total. The molecule has 0 fully saturated rings. The van der Waals surface area contributed by atoms with E-state index in [0.29, 0.717) is 11.4 Å². The predicted octanol–water partition coefficient (Wildman–Crippen LogP) is 2.26. The van der Waals surface area contributed by atoms with Crippen molar-refractivity contribution in [3.63, 3.8) is 0 Å². The van der Waals surface area contributed by atoms with Crippen molar-refractivity contribution in [2.75, 3.05) is 5.32 Å². The highest BCUT2D eigenvalue weighted by atomic mass is 16.6. The second kappa shape index (κ2) is 5.35. The van der Waals surface area contributed by atoms with Crippen LogP contribution in [0.3, 0.4) is 0 Å². The summed E-state index contributed by atoms with van der Waals surface area (Å²) in [6.45, 7) is 1.73. The highest BCUT2D eigenvalue weighted by Gasteiger charge is 2.16. The number of carbonyl (C=O) groups is 1. The summed E-state index contributed by atoms with van der Waals surface area (Å²) in [7, 11) is 0. The van der Waals surface area contributed by atoms with Crippen LogP contribution >= 0.6 is 0 Å². The van der Waals surface area contributed by atoms with E-state index in [1.807, 2.05) is 0 Å². The topological polar surface area (TPSA) is 105 Å². The number of nitro benzene ring substituents is 1. The van der Waals surface area contributed by atoms with Gasteiger partial charge in [-0.3, -0.25) is 19.9 Å². The van der Waals surface area contributed by atoms with Gasteiger partial charge in [0.1, 0.15) is 5.75 Å². The van der Waals surface area contributed by atoms with Crippen molar-refractivity contribution in [3.05, 3.63) is 57.9 Å². The summed E-state index contributed by atoms with van der Waals surface area (Å²) in [6.07, 6.45) is 1.59. The highest BCUT2D eigenvalue weighted by Crippen LogP contribution is 2.24. The average Bonchev–Trinajstić information content (AvgIpc) is 2.41. The molecule has 1 aromatic carbocycles. The van der Waals surface area contributed by atoms with Gasteiger partial charge in [0.15, 0.2) is 0 Å². The fraction of sp³-hybridized carbons (Fsp3) is 0.0769. The molecule has 7 heteroatoms. The maximum atomic E-state index is 12.0. The van der Waals surface area contributed by atoms with Crippen molar-refractivity contribution in [3.8, 4) is 5.75 Å². The van der Waals surface area contributed by atoms with Crippen LogP contribution in [0.2, 0.25) is 0 Å². The van der Waals surface area contributed by atoms with Gasteiger partial charge in [0.2, 0.25) is 0 Å². The lowest BCUT2D eigenvalue weighted by Gasteiger charge is -2.08. The number of carbonyl (C=O) groups excluding carboxylic acids is 1. The molecule has 0 aliphatic rings. The first kappa shape index (κ1) is 13.5. The Bertz CT molecular complexity index is 685. The number of aromatic nitrogens is 1. The summed E-state index contributed by atoms with van der Waals surface area (Å²) >= 11 is 0. The lowest BCUT2D eigenvalue weighted by Crippen LogP contribution is -2.13. The molecule has 0 aliphatic heterocycles. The number of aryl methyl sites for hydroxylation is 1. The molecular formula is C13H11N3O4. The van der Waals surface area contributed by atoms with E-state index < -0.39 is 16.6 Å². The molecule has 0 radical (unpaired) electrons. The SMILES string of the molecule is Cc1ncccc1NC(=O)c1ccc([N+](=O)[O-])cc1O. The number of amides is 1. The Hall–Kier alpha value is -2.96. The Labute approximate surface area is 114 Å². The van der Waals surface area contributed by atoms with Gasteiger partial charge in [0, 0.05) is 12.3 Å². The summed E-state index contributed by atoms with van der Waals surface area (Å²) in [6, 6.07) is 6.63. The van der Waals surface area contributed by atoms with Gasteiger partial charge in [-0.05, 0) is 25.1 Å². The molecule has 0 aliphatic carbocycles. The molecule has 102 valence electrons. The molecule has 0 unspecified atom stereocenters. The molecular weight excluding hydrogens is 262 g/mol. The van der Waals surface area contributed by atoms with E-state index in [1.54, 1.807) is 25.3 Å². The van der Waals surface area contributed by atoms with Gasteiger partial charge in [0.05, 0.1) is 27.9 Å². The zero-order chi connectivity index (χ0) is 14.7. The average molecular weight is 273 g/mol. The smallest absolute Gasteiger partial charge is 0.273 e. The number of phenols is 1. The number of hydrogen-bond donors (Lipinski definition) is 2. The number of pyridine rings is 1. The third-order valence-electron chi connectivity index (χ3n) is 2.69. The van der Waals surface area contributed by atoms with Crippen molar-refractivity contribution in [2.45, 2.75) is 6.92 Å². The van der Waals surface area contributed by atoms with E-state index >= 15 is 0 Å². The Morgan fingerprint density at radius 1 is 1.40 bits per heavy atom. The summed E-state index contributed by atoms with van der Waals surface area (Å²) < 4.78 is 0. The third kappa shape index (κ3) is 2.72. The number of phenolic OH excluding ortho intramolecular Hbond substituents is 1. The third-order valence-corrected chi connectivity index (χ3v) is 2.69. The lowest BCUT2D eigenvalue weighted by atomic mass is 10.1. The second-order valence-electron chi connectivity index (χ2n) is 4.05.